The summed E-state index contributed by atoms with van der Waals surface area (Å²) >= 11 is 12.1. The predicted molar refractivity (Wildman–Crippen MR) is 119 cm³/mol. The molecule has 0 atom stereocenters. The monoisotopic (exact) mass is 422 g/mol. The van der Waals surface area contributed by atoms with Gasteiger partial charge in [0.2, 0.25) is 5.56 Å². The lowest BCUT2D eigenvalue weighted by Gasteiger charge is -2.11. The molecule has 0 aliphatic carbocycles. The van der Waals surface area contributed by atoms with E-state index in [4.69, 9.17) is 23.2 Å². The number of nitrogens with one attached hydrogen (secondary N) is 2. The van der Waals surface area contributed by atoms with Crippen molar-refractivity contribution in [3.8, 4) is 0 Å². The van der Waals surface area contributed by atoms with Crippen molar-refractivity contribution in [2.24, 2.45) is 4.99 Å². The van der Waals surface area contributed by atoms with E-state index in [2.05, 4.69) is 15.6 Å². The van der Waals surface area contributed by atoms with Crippen LogP contribution in [0.25, 0.3) is 0 Å². The van der Waals surface area contributed by atoms with Gasteiger partial charge >= 0.3 is 0 Å². The second-order valence-corrected chi connectivity index (χ2v) is 7.31. The Balaban J connectivity index is 1.69. The number of aryl methyl sites for hydroxylation is 2. The largest absolute Gasteiger partial charge is 0.357 e. The maximum Gasteiger partial charge on any atom is 0.250 e. The summed E-state index contributed by atoms with van der Waals surface area (Å²) in [5, 5.41) is 7.97. The lowest BCUT2D eigenvalue weighted by Crippen LogP contribution is -2.38. The van der Waals surface area contributed by atoms with E-state index in [1.165, 1.54) is 0 Å². The zero-order valence-corrected chi connectivity index (χ0v) is 17.8. The fourth-order valence-corrected chi connectivity index (χ4v) is 3.29. The summed E-state index contributed by atoms with van der Waals surface area (Å²) in [4.78, 5) is 16.3. The molecule has 0 aliphatic heterocycles. The van der Waals surface area contributed by atoms with E-state index >= 15 is 0 Å². The number of rotatable bonds is 10. The molecule has 7 heteroatoms. The fourth-order valence-electron chi connectivity index (χ4n) is 2.79. The van der Waals surface area contributed by atoms with Gasteiger partial charge in [0.1, 0.15) is 0 Å². The fraction of sp³-hybridized carbons (Fsp3) is 0.429. The standard InChI is InChI=1S/C21H28Cl2N4O/c1-2-24-21(25-12-4-6-15-27-14-5-3-9-20(27)28)26-13-7-8-17-10-11-18(22)16-19(17)23/h3,5,9-11,14,16H,2,4,6-8,12-13,15H2,1H3,(H2,24,25,26). The molecule has 28 heavy (non-hydrogen) atoms. The van der Waals surface area contributed by atoms with Gasteiger partial charge in [-0.3, -0.25) is 9.79 Å². The zero-order valence-electron chi connectivity index (χ0n) is 16.3. The van der Waals surface area contributed by atoms with Crippen LogP contribution in [0.3, 0.4) is 0 Å². The summed E-state index contributed by atoms with van der Waals surface area (Å²) in [6.07, 6.45) is 5.51. The van der Waals surface area contributed by atoms with Crippen LogP contribution in [-0.4, -0.2) is 30.2 Å². The molecule has 2 N–H and O–H groups in total. The highest BCUT2D eigenvalue weighted by Crippen LogP contribution is 2.21. The van der Waals surface area contributed by atoms with Gasteiger partial charge in [0.15, 0.2) is 5.96 Å². The molecule has 1 heterocycles. The van der Waals surface area contributed by atoms with Crippen molar-refractivity contribution in [1.29, 1.82) is 0 Å². The van der Waals surface area contributed by atoms with E-state index in [0.29, 0.717) is 16.6 Å². The SMILES string of the molecule is CCNC(=NCCCc1ccc(Cl)cc1Cl)NCCCCn1ccccc1=O. The lowest BCUT2D eigenvalue weighted by molar-refractivity contribution is 0.585. The minimum absolute atomic E-state index is 0.0474. The first-order chi connectivity index (χ1) is 13.6. The lowest BCUT2D eigenvalue weighted by atomic mass is 10.1. The first kappa shape index (κ1) is 22.3. The highest BCUT2D eigenvalue weighted by atomic mass is 35.5. The average Bonchev–Trinajstić information content (AvgIpc) is 2.67. The number of aliphatic imine (C=N–C) groups is 1. The number of unbranched alkanes of at least 4 members (excludes halogenated alkanes) is 1. The van der Waals surface area contributed by atoms with E-state index in [0.717, 1.165) is 56.8 Å². The normalized spacial score (nSPS) is 11.5. The van der Waals surface area contributed by atoms with Crippen LogP contribution in [0.1, 0.15) is 31.7 Å². The number of nitrogens with zero attached hydrogens (tertiary/aromatic N) is 2. The van der Waals surface area contributed by atoms with Crippen LogP contribution in [-0.2, 0) is 13.0 Å². The molecule has 0 spiro atoms. The molecule has 0 saturated carbocycles. The van der Waals surface area contributed by atoms with Crippen LogP contribution < -0.4 is 16.2 Å². The van der Waals surface area contributed by atoms with Gasteiger partial charge in [0.25, 0.3) is 0 Å². The summed E-state index contributed by atoms with van der Waals surface area (Å²) in [6.45, 7) is 5.13. The first-order valence-electron chi connectivity index (χ1n) is 9.71. The van der Waals surface area contributed by atoms with Crippen LogP contribution in [0, 0.1) is 0 Å². The Bertz CT molecular complexity index is 820. The second-order valence-electron chi connectivity index (χ2n) is 6.47. The Morgan fingerprint density at radius 1 is 1.11 bits per heavy atom. The highest BCUT2D eigenvalue weighted by molar-refractivity contribution is 6.35. The third-order valence-corrected chi connectivity index (χ3v) is 4.84. The van der Waals surface area contributed by atoms with Gasteiger partial charge in [-0.25, -0.2) is 0 Å². The van der Waals surface area contributed by atoms with Crippen LogP contribution in [0.4, 0.5) is 0 Å². The number of hydrogen-bond donors (Lipinski definition) is 2. The van der Waals surface area contributed by atoms with Gasteiger partial charge < -0.3 is 15.2 Å². The number of hydrogen-bond acceptors (Lipinski definition) is 2. The van der Waals surface area contributed by atoms with Crippen LogP contribution in [0.15, 0.2) is 52.4 Å². The molecule has 0 amide bonds. The van der Waals surface area contributed by atoms with Crippen molar-refractivity contribution in [2.45, 2.75) is 39.2 Å². The Hall–Kier alpha value is -1.98. The van der Waals surface area contributed by atoms with E-state index < -0.39 is 0 Å². The summed E-state index contributed by atoms with van der Waals surface area (Å²) in [5.74, 6) is 0.821. The van der Waals surface area contributed by atoms with E-state index in [1.54, 1.807) is 22.8 Å². The molecule has 2 aromatic rings. The smallest absolute Gasteiger partial charge is 0.250 e. The number of halogens is 2. The molecule has 0 unspecified atom stereocenters. The minimum atomic E-state index is 0.0474. The first-order valence-corrected chi connectivity index (χ1v) is 10.5. The Kier molecular flexibility index (Phi) is 9.94. The molecule has 152 valence electrons. The number of benzene rings is 1. The molecule has 1 aromatic heterocycles. The number of guanidine groups is 1. The van der Waals surface area contributed by atoms with Crippen molar-refractivity contribution in [3.05, 3.63) is 68.6 Å². The third kappa shape index (κ3) is 7.95. The van der Waals surface area contributed by atoms with Gasteiger partial charge in [-0.15, -0.1) is 0 Å². The summed E-state index contributed by atoms with van der Waals surface area (Å²) < 4.78 is 1.74. The molecule has 1 aromatic carbocycles. The van der Waals surface area contributed by atoms with Gasteiger partial charge in [0, 0.05) is 48.5 Å². The maximum absolute atomic E-state index is 11.7. The van der Waals surface area contributed by atoms with Crippen LogP contribution >= 0.6 is 23.2 Å². The average molecular weight is 423 g/mol. The van der Waals surface area contributed by atoms with E-state index in [9.17, 15) is 4.79 Å². The summed E-state index contributed by atoms with van der Waals surface area (Å²) in [7, 11) is 0. The van der Waals surface area contributed by atoms with Gasteiger partial charge in [0.05, 0.1) is 0 Å². The van der Waals surface area contributed by atoms with Crippen LogP contribution in [0.2, 0.25) is 10.0 Å². The quantitative estimate of drug-likeness (QED) is 0.343. The van der Waals surface area contributed by atoms with E-state index in [1.807, 2.05) is 31.3 Å². The van der Waals surface area contributed by atoms with Crippen molar-refractivity contribution < 1.29 is 0 Å². The molecule has 2 rings (SSSR count). The molecular formula is C21H28Cl2N4O. The van der Waals surface area contributed by atoms with Crippen molar-refractivity contribution in [1.82, 2.24) is 15.2 Å². The van der Waals surface area contributed by atoms with Crippen molar-refractivity contribution in [3.63, 3.8) is 0 Å². The van der Waals surface area contributed by atoms with Gasteiger partial charge in [-0.1, -0.05) is 35.3 Å². The third-order valence-electron chi connectivity index (χ3n) is 4.25. The highest BCUT2D eigenvalue weighted by Gasteiger charge is 2.02. The molecule has 0 bridgehead atoms. The molecular weight excluding hydrogens is 395 g/mol. The molecule has 0 aliphatic rings. The van der Waals surface area contributed by atoms with Gasteiger partial charge in [-0.2, -0.15) is 0 Å². The Morgan fingerprint density at radius 2 is 1.96 bits per heavy atom. The molecule has 0 saturated heterocycles. The van der Waals surface area contributed by atoms with Gasteiger partial charge in [-0.05, 0) is 56.4 Å². The number of pyridine rings is 1. The maximum atomic E-state index is 11.7. The predicted octanol–water partition coefficient (Wildman–Crippen LogP) is 4.12. The number of aromatic nitrogens is 1. The molecule has 5 nitrogen and oxygen atoms in total. The molecule has 0 radical (unpaired) electrons. The van der Waals surface area contributed by atoms with Crippen molar-refractivity contribution >= 4 is 29.2 Å². The Labute approximate surface area is 176 Å². The topological polar surface area (TPSA) is 58.4 Å². The molecule has 0 fully saturated rings. The summed E-state index contributed by atoms with van der Waals surface area (Å²) in [6, 6.07) is 10.8. The Morgan fingerprint density at radius 3 is 2.71 bits per heavy atom. The van der Waals surface area contributed by atoms with Crippen molar-refractivity contribution in [2.75, 3.05) is 19.6 Å². The van der Waals surface area contributed by atoms with E-state index in [-0.39, 0.29) is 5.56 Å². The summed E-state index contributed by atoms with van der Waals surface area (Å²) in [5.41, 5.74) is 1.14. The second kappa shape index (κ2) is 12.5. The minimum Gasteiger partial charge on any atom is -0.357 e. The van der Waals surface area contributed by atoms with Crippen LogP contribution in [0.5, 0.6) is 0 Å². The zero-order chi connectivity index (χ0) is 20.2.